The van der Waals surface area contributed by atoms with Crippen LogP contribution in [0.2, 0.25) is 0 Å². The fourth-order valence-corrected chi connectivity index (χ4v) is 1.29. The molecule has 0 N–H and O–H groups in total. The molecule has 6 heteroatoms. The lowest BCUT2D eigenvalue weighted by Gasteiger charge is -2.06. The minimum atomic E-state index is -3.02. The van der Waals surface area contributed by atoms with Gasteiger partial charge in [0.25, 0.3) is 0 Å². The molecule has 1 rings (SSSR count). The minimum Gasteiger partial charge on any atom is -0.435 e. The van der Waals surface area contributed by atoms with Gasteiger partial charge in [-0.2, -0.15) is 8.78 Å². The zero-order chi connectivity index (χ0) is 12.1. The maximum atomic E-state index is 13.3. The van der Waals surface area contributed by atoms with Gasteiger partial charge in [-0.25, -0.2) is 4.39 Å². The molecule has 1 aromatic carbocycles. The fraction of sp³-hybridized carbons (Fsp3) is 0.300. The predicted octanol–water partition coefficient (Wildman–Crippen LogP) is 3.24. The van der Waals surface area contributed by atoms with Crippen molar-refractivity contribution in [2.75, 3.05) is 5.88 Å². The number of ketones is 1. The van der Waals surface area contributed by atoms with Gasteiger partial charge in [-0.3, -0.25) is 4.79 Å². The topological polar surface area (TPSA) is 26.3 Å². The van der Waals surface area contributed by atoms with E-state index in [0.29, 0.717) is 0 Å². The Morgan fingerprint density at radius 1 is 1.44 bits per heavy atom. The van der Waals surface area contributed by atoms with Gasteiger partial charge in [0.2, 0.25) is 0 Å². The molecule has 0 heterocycles. The average Bonchev–Trinajstić information content (AvgIpc) is 2.16. The van der Waals surface area contributed by atoms with E-state index in [1.54, 1.807) is 0 Å². The Morgan fingerprint density at radius 3 is 2.62 bits per heavy atom. The van der Waals surface area contributed by atoms with Crippen LogP contribution in [0.4, 0.5) is 13.2 Å². The first-order chi connectivity index (χ1) is 7.54. The molecule has 0 spiro atoms. The summed E-state index contributed by atoms with van der Waals surface area (Å²) >= 11 is 5.33. The summed E-state index contributed by atoms with van der Waals surface area (Å²) < 4.78 is 40.9. The van der Waals surface area contributed by atoms with Crippen molar-refractivity contribution in [3.63, 3.8) is 0 Å². The Balaban J connectivity index is 2.87. The third-order valence-electron chi connectivity index (χ3n) is 1.79. The molecule has 2 nitrogen and oxygen atoms in total. The fourth-order valence-electron chi connectivity index (χ4n) is 1.12. The molecule has 0 aliphatic heterocycles. The van der Waals surface area contributed by atoms with Crippen LogP contribution in [0.5, 0.6) is 5.75 Å². The van der Waals surface area contributed by atoms with Gasteiger partial charge in [0.1, 0.15) is 11.6 Å². The van der Waals surface area contributed by atoms with Gasteiger partial charge in [-0.1, -0.05) is 0 Å². The number of Topliss-reactive ketones (excluding diaryl/α,β-unsaturated/α-hetero) is 1. The Morgan fingerprint density at radius 2 is 2.12 bits per heavy atom. The summed E-state index contributed by atoms with van der Waals surface area (Å²) in [5.41, 5.74) is -0.178. The smallest absolute Gasteiger partial charge is 0.387 e. The molecular weight excluding hydrogens is 245 g/mol. The van der Waals surface area contributed by atoms with Crippen LogP contribution in [-0.4, -0.2) is 18.3 Å². The molecule has 88 valence electrons. The number of hydrogen-bond acceptors (Lipinski definition) is 2. The Labute approximate surface area is 95.0 Å². The van der Waals surface area contributed by atoms with Gasteiger partial charge >= 0.3 is 6.61 Å². The predicted molar refractivity (Wildman–Crippen MR) is 52.7 cm³/mol. The lowest BCUT2D eigenvalue weighted by atomic mass is 10.1. The highest BCUT2D eigenvalue weighted by molar-refractivity contribution is 6.19. The first-order valence-electron chi connectivity index (χ1n) is 4.38. The number of hydrogen-bond donors (Lipinski definition) is 0. The van der Waals surface area contributed by atoms with E-state index < -0.39 is 18.2 Å². The van der Waals surface area contributed by atoms with Crippen LogP contribution in [0.1, 0.15) is 16.8 Å². The van der Waals surface area contributed by atoms with Crippen LogP contribution in [0, 0.1) is 5.82 Å². The van der Waals surface area contributed by atoms with Crippen molar-refractivity contribution < 1.29 is 22.7 Å². The highest BCUT2D eigenvalue weighted by atomic mass is 35.5. The number of benzene rings is 1. The highest BCUT2D eigenvalue weighted by Gasteiger charge is 2.13. The third-order valence-corrected chi connectivity index (χ3v) is 1.98. The molecule has 1 aromatic rings. The van der Waals surface area contributed by atoms with E-state index in [0.717, 1.165) is 18.2 Å². The summed E-state index contributed by atoms with van der Waals surface area (Å²) in [4.78, 5) is 11.3. The number of carbonyl (C=O) groups excluding carboxylic acids is 1. The van der Waals surface area contributed by atoms with Crippen molar-refractivity contribution in [2.24, 2.45) is 0 Å². The van der Waals surface area contributed by atoms with Crippen LogP contribution < -0.4 is 4.74 Å². The lowest BCUT2D eigenvalue weighted by molar-refractivity contribution is -0.0499. The third kappa shape index (κ3) is 3.41. The molecule has 0 saturated carbocycles. The summed E-state index contributed by atoms with van der Waals surface area (Å²) in [7, 11) is 0. The summed E-state index contributed by atoms with van der Waals surface area (Å²) in [5.74, 6) is -1.62. The second-order valence-corrected chi connectivity index (χ2v) is 3.26. The van der Waals surface area contributed by atoms with E-state index in [4.69, 9.17) is 11.6 Å². The second kappa shape index (κ2) is 5.75. The molecule has 0 bridgehead atoms. The molecule has 0 saturated heterocycles. The molecule has 0 fully saturated rings. The SMILES string of the molecule is O=C(CCCl)c1ccc(OC(F)F)cc1F. The molecule has 0 radical (unpaired) electrons. The number of halogens is 4. The van der Waals surface area contributed by atoms with Crippen molar-refractivity contribution in [3.05, 3.63) is 29.6 Å². The molecule has 0 unspecified atom stereocenters. The molecule has 0 atom stereocenters. The summed E-state index contributed by atoms with van der Waals surface area (Å²) in [6.07, 6.45) is -0.00642. The molecule has 0 aliphatic carbocycles. The number of rotatable bonds is 5. The van der Waals surface area contributed by atoms with Crippen molar-refractivity contribution in [1.82, 2.24) is 0 Å². The van der Waals surface area contributed by atoms with Gasteiger partial charge in [0, 0.05) is 18.4 Å². The van der Waals surface area contributed by atoms with E-state index in [1.807, 2.05) is 0 Å². The minimum absolute atomic E-state index is 0.00642. The second-order valence-electron chi connectivity index (χ2n) is 2.88. The van der Waals surface area contributed by atoms with Gasteiger partial charge in [-0.05, 0) is 12.1 Å². The Hall–Kier alpha value is -1.23. The zero-order valence-corrected chi connectivity index (χ0v) is 8.81. The van der Waals surface area contributed by atoms with Crippen LogP contribution in [0.3, 0.4) is 0 Å². The van der Waals surface area contributed by atoms with Crippen molar-refractivity contribution >= 4 is 17.4 Å². The van der Waals surface area contributed by atoms with Crippen molar-refractivity contribution in [3.8, 4) is 5.75 Å². The molecule has 16 heavy (non-hydrogen) atoms. The number of alkyl halides is 3. The first kappa shape index (κ1) is 12.8. The standard InChI is InChI=1S/C10H8ClF3O2/c11-4-3-9(15)7-2-1-6(5-8(7)12)16-10(13)14/h1-2,5,10H,3-4H2. The van der Waals surface area contributed by atoms with Gasteiger partial charge in [0.05, 0.1) is 5.56 Å². The number of carbonyl (C=O) groups is 1. The maximum Gasteiger partial charge on any atom is 0.387 e. The quantitative estimate of drug-likeness (QED) is 0.594. The van der Waals surface area contributed by atoms with E-state index in [-0.39, 0.29) is 23.6 Å². The van der Waals surface area contributed by atoms with E-state index in [1.165, 1.54) is 0 Å². The highest BCUT2D eigenvalue weighted by Crippen LogP contribution is 2.19. The largest absolute Gasteiger partial charge is 0.435 e. The molecular formula is C10H8ClF3O2. The van der Waals surface area contributed by atoms with E-state index >= 15 is 0 Å². The van der Waals surface area contributed by atoms with Crippen molar-refractivity contribution in [2.45, 2.75) is 13.0 Å². The molecule has 0 aromatic heterocycles. The maximum absolute atomic E-state index is 13.3. The monoisotopic (exact) mass is 252 g/mol. The van der Waals surface area contributed by atoms with Crippen LogP contribution in [-0.2, 0) is 0 Å². The Bertz CT molecular complexity index is 382. The van der Waals surface area contributed by atoms with Crippen LogP contribution >= 0.6 is 11.6 Å². The van der Waals surface area contributed by atoms with Gasteiger partial charge in [0.15, 0.2) is 5.78 Å². The molecule has 0 aliphatic rings. The van der Waals surface area contributed by atoms with Gasteiger partial charge < -0.3 is 4.74 Å². The summed E-state index contributed by atoms with van der Waals surface area (Å²) in [6.45, 7) is -3.02. The molecule has 0 amide bonds. The van der Waals surface area contributed by atoms with Crippen LogP contribution in [0.15, 0.2) is 18.2 Å². The lowest BCUT2D eigenvalue weighted by Crippen LogP contribution is -2.06. The summed E-state index contributed by atoms with van der Waals surface area (Å²) in [5, 5.41) is 0. The van der Waals surface area contributed by atoms with Crippen LogP contribution in [0.25, 0.3) is 0 Å². The van der Waals surface area contributed by atoms with Crippen molar-refractivity contribution in [1.29, 1.82) is 0 Å². The summed E-state index contributed by atoms with van der Waals surface area (Å²) in [6, 6.07) is 2.95. The van der Waals surface area contributed by atoms with Gasteiger partial charge in [-0.15, -0.1) is 11.6 Å². The first-order valence-corrected chi connectivity index (χ1v) is 4.91. The zero-order valence-electron chi connectivity index (χ0n) is 8.05. The van der Waals surface area contributed by atoms with E-state index in [2.05, 4.69) is 4.74 Å². The average molecular weight is 253 g/mol. The van der Waals surface area contributed by atoms with E-state index in [9.17, 15) is 18.0 Å². The number of ether oxygens (including phenoxy) is 1. The Kier molecular flexibility index (Phi) is 4.61. The normalized spacial score (nSPS) is 10.6.